The van der Waals surface area contributed by atoms with Gasteiger partial charge in [0.05, 0.1) is 23.8 Å². The maximum absolute atomic E-state index is 17.0. The van der Waals surface area contributed by atoms with Gasteiger partial charge in [-0.05, 0) is 62.1 Å². The van der Waals surface area contributed by atoms with Crippen molar-refractivity contribution in [3.05, 3.63) is 41.5 Å². The van der Waals surface area contributed by atoms with Crippen molar-refractivity contribution < 1.29 is 28.1 Å². The van der Waals surface area contributed by atoms with E-state index in [1.807, 2.05) is 11.8 Å². The Labute approximate surface area is 269 Å². The Balaban J connectivity index is 1.32. The van der Waals surface area contributed by atoms with E-state index in [0.29, 0.717) is 48.2 Å². The second kappa shape index (κ2) is 11.4. The van der Waals surface area contributed by atoms with Crippen molar-refractivity contribution in [1.82, 2.24) is 19.9 Å². The topological polar surface area (TPSA) is 93.1 Å². The maximum atomic E-state index is 17.0. The predicted octanol–water partition coefficient (Wildman–Crippen LogP) is 5.15. The Bertz CT molecular complexity index is 1920. The number of halogens is 2. The lowest BCUT2D eigenvalue weighted by Gasteiger charge is -2.31. The molecule has 3 saturated heterocycles. The van der Waals surface area contributed by atoms with E-state index in [-0.39, 0.29) is 63.6 Å². The van der Waals surface area contributed by atoms with Gasteiger partial charge in [0.25, 0.3) is 0 Å². The third kappa shape index (κ3) is 4.70. The van der Waals surface area contributed by atoms with Crippen molar-refractivity contribution in [2.45, 2.75) is 42.5 Å². The van der Waals surface area contributed by atoms with Gasteiger partial charge in [-0.2, -0.15) is 21.7 Å². The SMILES string of the molecule is C#Cc1c(F)ccc2cc(O)cc(-c3nc4c5c(nc(OC[C@@]67CCCN6CC(SC)C7)nc5c3F)N3CCCOC[C@H]3CO4)c12. The number of phenols is 1. The fourth-order valence-corrected chi connectivity index (χ4v) is 8.46. The second-order valence-corrected chi connectivity index (χ2v) is 13.6. The molecule has 0 aliphatic carbocycles. The first-order chi connectivity index (χ1) is 22.4. The summed E-state index contributed by atoms with van der Waals surface area (Å²) in [5.41, 5.74) is -0.241. The van der Waals surface area contributed by atoms with Crippen LogP contribution in [-0.4, -0.2) is 94.1 Å². The molecular formula is C34H33F2N5O4S. The van der Waals surface area contributed by atoms with Crippen LogP contribution < -0.4 is 14.4 Å². The number of benzene rings is 2. The van der Waals surface area contributed by atoms with E-state index in [2.05, 4.69) is 31.9 Å². The van der Waals surface area contributed by atoms with Crippen LogP contribution in [-0.2, 0) is 4.74 Å². The van der Waals surface area contributed by atoms with Crippen LogP contribution in [0.3, 0.4) is 0 Å². The Hall–Kier alpha value is -3.92. The highest BCUT2D eigenvalue weighted by atomic mass is 32.2. The average molecular weight is 646 g/mol. The summed E-state index contributed by atoms with van der Waals surface area (Å²) in [5.74, 6) is 1.44. The van der Waals surface area contributed by atoms with E-state index >= 15 is 4.39 Å². The number of nitrogens with zero attached hydrogens (tertiary/aromatic N) is 5. The van der Waals surface area contributed by atoms with Crippen LogP contribution in [0.1, 0.15) is 31.2 Å². The molecule has 1 N–H and O–H groups in total. The zero-order valence-corrected chi connectivity index (χ0v) is 26.2. The zero-order chi connectivity index (χ0) is 31.6. The number of aromatic hydroxyl groups is 1. The summed E-state index contributed by atoms with van der Waals surface area (Å²) < 4.78 is 50.5. The third-order valence-electron chi connectivity index (χ3n) is 9.86. The molecule has 0 amide bonds. The van der Waals surface area contributed by atoms with Gasteiger partial charge in [0.1, 0.15) is 47.2 Å². The molecule has 3 fully saturated rings. The largest absolute Gasteiger partial charge is 0.508 e. The number of thioether (sulfide) groups is 1. The van der Waals surface area contributed by atoms with Crippen molar-refractivity contribution in [2.24, 2.45) is 0 Å². The van der Waals surface area contributed by atoms with E-state index in [9.17, 15) is 9.50 Å². The van der Waals surface area contributed by atoms with Crippen molar-refractivity contribution in [1.29, 1.82) is 0 Å². The maximum Gasteiger partial charge on any atom is 0.319 e. The minimum atomic E-state index is -0.775. The molecule has 12 heteroatoms. The monoisotopic (exact) mass is 645 g/mol. The molecular weight excluding hydrogens is 612 g/mol. The molecule has 8 rings (SSSR count). The molecule has 6 heterocycles. The number of phenolic OH excluding ortho intramolecular Hbond substituents is 1. The molecule has 0 bridgehead atoms. The summed E-state index contributed by atoms with van der Waals surface area (Å²) >= 11 is 1.88. The number of ether oxygens (including phenoxy) is 3. The van der Waals surface area contributed by atoms with Crippen molar-refractivity contribution in [2.75, 3.05) is 57.2 Å². The fraction of sp³-hybridized carbons (Fsp3) is 0.441. The fourth-order valence-electron chi connectivity index (χ4n) is 7.66. The number of fused-ring (bicyclic) bond motifs is 4. The van der Waals surface area contributed by atoms with Gasteiger partial charge in [0.2, 0.25) is 5.88 Å². The highest BCUT2D eigenvalue weighted by molar-refractivity contribution is 7.99. The average Bonchev–Trinajstić information content (AvgIpc) is 3.45. The predicted molar refractivity (Wildman–Crippen MR) is 173 cm³/mol. The summed E-state index contributed by atoms with van der Waals surface area (Å²) in [5, 5.41) is 12.2. The number of terminal acetylenes is 1. The number of rotatable bonds is 5. The number of aromatic nitrogens is 3. The quantitative estimate of drug-likeness (QED) is 0.294. The van der Waals surface area contributed by atoms with E-state index in [0.717, 1.165) is 38.8 Å². The summed E-state index contributed by atoms with van der Waals surface area (Å²) in [4.78, 5) is 18.8. The van der Waals surface area contributed by atoms with E-state index < -0.39 is 11.6 Å². The Morgan fingerprint density at radius 2 is 2.04 bits per heavy atom. The van der Waals surface area contributed by atoms with Gasteiger partial charge in [0, 0.05) is 35.9 Å². The first-order valence-electron chi connectivity index (χ1n) is 15.6. The molecule has 46 heavy (non-hydrogen) atoms. The first-order valence-corrected chi connectivity index (χ1v) is 16.9. The molecule has 0 spiro atoms. The van der Waals surface area contributed by atoms with Crippen LogP contribution in [0.25, 0.3) is 32.9 Å². The lowest BCUT2D eigenvalue weighted by molar-refractivity contribution is 0.107. The number of pyridine rings is 1. The molecule has 2 aromatic heterocycles. The first kappa shape index (κ1) is 29.5. The second-order valence-electron chi connectivity index (χ2n) is 12.5. The lowest BCUT2D eigenvalue weighted by Crippen LogP contribution is -2.43. The lowest BCUT2D eigenvalue weighted by atomic mass is 9.95. The molecule has 0 saturated carbocycles. The Morgan fingerprint density at radius 1 is 1.15 bits per heavy atom. The van der Waals surface area contributed by atoms with E-state index in [1.54, 1.807) is 0 Å². The van der Waals surface area contributed by atoms with Gasteiger partial charge in [-0.15, -0.1) is 6.42 Å². The van der Waals surface area contributed by atoms with Crippen molar-refractivity contribution in [3.63, 3.8) is 0 Å². The molecule has 2 aromatic carbocycles. The minimum absolute atomic E-state index is 0.0323. The van der Waals surface area contributed by atoms with Gasteiger partial charge in [-0.3, -0.25) is 4.90 Å². The van der Waals surface area contributed by atoms with Crippen LogP contribution in [0, 0.1) is 24.0 Å². The molecule has 238 valence electrons. The molecule has 4 aliphatic heterocycles. The van der Waals surface area contributed by atoms with Crippen LogP contribution >= 0.6 is 11.8 Å². The van der Waals surface area contributed by atoms with Crippen LogP contribution in [0.4, 0.5) is 14.6 Å². The molecule has 1 unspecified atom stereocenters. The number of anilines is 1. The smallest absolute Gasteiger partial charge is 0.319 e. The highest BCUT2D eigenvalue weighted by Gasteiger charge is 2.49. The molecule has 9 nitrogen and oxygen atoms in total. The molecule has 0 radical (unpaired) electrons. The molecule has 3 atom stereocenters. The van der Waals surface area contributed by atoms with Gasteiger partial charge >= 0.3 is 6.01 Å². The van der Waals surface area contributed by atoms with Crippen LogP contribution in [0.2, 0.25) is 0 Å². The Kier molecular flexibility index (Phi) is 7.31. The van der Waals surface area contributed by atoms with E-state index in [1.165, 1.54) is 24.3 Å². The standard InChI is InChI=1S/C34H33F2N5O4S/c1-3-23-25(35)7-6-19-12-21(42)13-24(26(19)23)29-28(36)30-27-31(41-10-5-11-43-16-20(41)17-44-32(27)37-29)39-33(38-30)45-18-34-8-4-9-40(34)15-22(14-34)46-2/h1,6-7,12-13,20,22,42H,4-5,8-11,14-18H2,2H3/t20-,22?,34-/m0/s1. The highest BCUT2D eigenvalue weighted by Crippen LogP contribution is 2.45. The van der Waals surface area contributed by atoms with Crippen LogP contribution in [0.15, 0.2) is 24.3 Å². The normalized spacial score (nSPS) is 24.3. The van der Waals surface area contributed by atoms with Gasteiger partial charge in [-0.25, -0.2) is 13.8 Å². The summed E-state index contributed by atoms with van der Waals surface area (Å²) in [6, 6.07) is 5.37. The minimum Gasteiger partial charge on any atom is -0.508 e. The summed E-state index contributed by atoms with van der Waals surface area (Å²) in [7, 11) is 0. The number of hydrogen-bond acceptors (Lipinski definition) is 10. The Morgan fingerprint density at radius 3 is 2.89 bits per heavy atom. The van der Waals surface area contributed by atoms with Gasteiger partial charge in [0.15, 0.2) is 5.82 Å². The van der Waals surface area contributed by atoms with Gasteiger partial charge in [-0.1, -0.05) is 12.0 Å². The van der Waals surface area contributed by atoms with Crippen molar-refractivity contribution in [3.8, 4) is 41.2 Å². The van der Waals surface area contributed by atoms with Crippen LogP contribution in [0.5, 0.6) is 17.6 Å². The summed E-state index contributed by atoms with van der Waals surface area (Å²) in [6.45, 7) is 4.29. The molecule has 4 aliphatic rings. The van der Waals surface area contributed by atoms with E-state index in [4.69, 9.17) is 25.6 Å². The molecule has 4 aromatic rings. The van der Waals surface area contributed by atoms with Gasteiger partial charge < -0.3 is 24.2 Å². The number of hydrogen-bond donors (Lipinski definition) is 1. The van der Waals surface area contributed by atoms with Crippen molar-refractivity contribution >= 4 is 39.3 Å². The summed E-state index contributed by atoms with van der Waals surface area (Å²) in [6.07, 6.45) is 11.8. The zero-order valence-electron chi connectivity index (χ0n) is 25.4. The third-order valence-corrected chi connectivity index (χ3v) is 10.8.